The molecule has 3 aliphatic rings. The van der Waals surface area contributed by atoms with Crippen molar-refractivity contribution in [3.8, 4) is 0 Å². The summed E-state index contributed by atoms with van der Waals surface area (Å²) in [5, 5.41) is 0.496. The molecule has 1 heterocycles. The van der Waals surface area contributed by atoms with Crippen molar-refractivity contribution >= 4 is 67.0 Å². The van der Waals surface area contributed by atoms with Gasteiger partial charge >= 0.3 is 5.97 Å². The van der Waals surface area contributed by atoms with Gasteiger partial charge in [0.15, 0.2) is 12.4 Å². The molecule has 2 amide bonds. The SMILES string of the molecule is CC(C)[C@H](C(=O)OCC(=O)c1ccc(Cl)cc1)N1C(=O)[C@H]2[C@@H]3C[C@H]([C@@H](Br)[C@H]3Br)[C@@H]2C1=O. The first-order valence-corrected chi connectivity index (χ1v) is 12.4. The molecule has 0 unspecified atom stereocenters. The third-order valence-corrected chi connectivity index (χ3v) is 10.1. The number of imide groups is 1. The summed E-state index contributed by atoms with van der Waals surface area (Å²) in [6.07, 6.45) is 0.818. The first-order chi connectivity index (χ1) is 14.6. The number of carbonyl (C=O) groups is 4. The number of carbonyl (C=O) groups excluding carboxylic acids is 4. The molecule has 1 saturated heterocycles. The number of Topliss-reactive ketones (excluding diaryl/α,β-unsaturated/α-hetero) is 1. The average molecular weight is 576 g/mol. The van der Waals surface area contributed by atoms with Crippen LogP contribution in [-0.4, -0.2) is 50.8 Å². The van der Waals surface area contributed by atoms with Gasteiger partial charge in [0.25, 0.3) is 0 Å². The maximum atomic E-state index is 13.3. The number of esters is 1. The molecule has 31 heavy (non-hydrogen) atoms. The number of nitrogens with zero attached hydrogens (tertiary/aromatic N) is 1. The highest BCUT2D eigenvalue weighted by Crippen LogP contribution is 2.60. The fraction of sp³-hybridized carbons (Fsp3) is 0.545. The van der Waals surface area contributed by atoms with E-state index >= 15 is 0 Å². The summed E-state index contributed by atoms with van der Waals surface area (Å²) in [6, 6.07) is 5.21. The van der Waals surface area contributed by atoms with Gasteiger partial charge in [-0.15, -0.1) is 0 Å². The average Bonchev–Trinajstić information content (AvgIpc) is 3.33. The number of hydrogen-bond acceptors (Lipinski definition) is 5. The molecule has 1 aromatic carbocycles. The van der Waals surface area contributed by atoms with E-state index in [2.05, 4.69) is 31.9 Å². The monoisotopic (exact) mass is 573 g/mol. The van der Waals surface area contributed by atoms with Crippen LogP contribution in [0.5, 0.6) is 0 Å². The van der Waals surface area contributed by atoms with Crippen LogP contribution >= 0.6 is 43.5 Å². The Morgan fingerprint density at radius 1 is 1.06 bits per heavy atom. The number of hydrogen-bond donors (Lipinski definition) is 0. The minimum Gasteiger partial charge on any atom is -0.456 e. The summed E-state index contributed by atoms with van der Waals surface area (Å²) in [5.74, 6) is -2.74. The van der Waals surface area contributed by atoms with E-state index in [1.807, 2.05) is 0 Å². The molecule has 2 aliphatic carbocycles. The lowest BCUT2D eigenvalue weighted by Crippen LogP contribution is -2.50. The molecule has 6 nitrogen and oxygen atoms in total. The molecule has 4 rings (SSSR count). The molecule has 9 heteroatoms. The molecule has 0 radical (unpaired) electrons. The standard InChI is InChI=1S/C22H22Br2ClNO5/c1-9(2)19(22(30)31-8-14(27)10-3-5-11(25)6-4-10)26-20(28)15-12-7-13(16(15)21(26)29)18(24)17(12)23/h3-6,9,12-13,15-19H,7-8H2,1-2H3/t12-,13-,15-,16-,17-,18+,19+/m0/s1. The van der Waals surface area contributed by atoms with Gasteiger partial charge in [-0.1, -0.05) is 57.3 Å². The van der Waals surface area contributed by atoms with Gasteiger partial charge in [0.05, 0.1) is 11.8 Å². The molecule has 2 bridgehead atoms. The molecule has 1 aromatic rings. The van der Waals surface area contributed by atoms with Gasteiger partial charge in [-0.3, -0.25) is 19.3 Å². The number of likely N-dealkylation sites (tertiary alicyclic amines) is 1. The number of amides is 2. The Hall–Kier alpha value is -1.25. The Morgan fingerprint density at radius 2 is 1.58 bits per heavy atom. The number of fused-ring (bicyclic) bond motifs is 5. The highest BCUT2D eigenvalue weighted by Gasteiger charge is 2.67. The van der Waals surface area contributed by atoms with Gasteiger partial charge in [0, 0.05) is 20.2 Å². The van der Waals surface area contributed by atoms with Crippen molar-refractivity contribution in [2.75, 3.05) is 6.61 Å². The van der Waals surface area contributed by atoms with Crippen LogP contribution in [0.3, 0.4) is 0 Å². The summed E-state index contributed by atoms with van der Waals surface area (Å²) >= 11 is 13.2. The Labute approximate surface area is 202 Å². The van der Waals surface area contributed by atoms with Crippen molar-refractivity contribution in [3.05, 3.63) is 34.9 Å². The molecule has 1 aliphatic heterocycles. The van der Waals surface area contributed by atoms with Gasteiger partial charge in [-0.05, 0) is 48.4 Å². The van der Waals surface area contributed by atoms with Crippen LogP contribution in [0.4, 0.5) is 0 Å². The van der Waals surface area contributed by atoms with Crippen LogP contribution in [0.15, 0.2) is 24.3 Å². The number of ether oxygens (including phenoxy) is 1. The Kier molecular flexibility index (Phi) is 6.36. The third kappa shape index (κ3) is 3.78. The zero-order valence-corrected chi connectivity index (χ0v) is 20.9. The summed E-state index contributed by atoms with van der Waals surface area (Å²) in [6.45, 7) is 3.05. The lowest BCUT2D eigenvalue weighted by atomic mass is 9.81. The van der Waals surface area contributed by atoms with Crippen molar-refractivity contribution in [1.82, 2.24) is 4.90 Å². The van der Waals surface area contributed by atoms with E-state index in [9.17, 15) is 19.2 Å². The number of ketones is 1. The van der Waals surface area contributed by atoms with Crippen molar-refractivity contribution in [2.45, 2.75) is 36.0 Å². The van der Waals surface area contributed by atoms with E-state index < -0.39 is 30.5 Å². The second-order valence-electron chi connectivity index (χ2n) is 8.78. The van der Waals surface area contributed by atoms with Crippen LogP contribution in [0, 0.1) is 29.6 Å². The zero-order valence-electron chi connectivity index (χ0n) is 17.0. The van der Waals surface area contributed by atoms with E-state index in [1.165, 1.54) is 0 Å². The topological polar surface area (TPSA) is 80.8 Å². The zero-order chi connectivity index (χ0) is 22.6. The largest absolute Gasteiger partial charge is 0.456 e. The van der Waals surface area contributed by atoms with Gasteiger partial charge in [0.1, 0.15) is 6.04 Å². The van der Waals surface area contributed by atoms with Crippen molar-refractivity contribution < 1.29 is 23.9 Å². The fourth-order valence-corrected chi connectivity index (χ4v) is 7.26. The minimum atomic E-state index is -1.05. The van der Waals surface area contributed by atoms with Crippen LogP contribution in [0.2, 0.25) is 5.02 Å². The lowest BCUT2D eigenvalue weighted by molar-refractivity contribution is -0.160. The highest BCUT2D eigenvalue weighted by atomic mass is 79.9. The maximum Gasteiger partial charge on any atom is 0.330 e. The van der Waals surface area contributed by atoms with Gasteiger partial charge in [-0.2, -0.15) is 0 Å². The number of rotatable bonds is 6. The molecular weight excluding hydrogens is 554 g/mol. The van der Waals surface area contributed by atoms with E-state index in [4.69, 9.17) is 16.3 Å². The molecule has 166 valence electrons. The van der Waals surface area contributed by atoms with Crippen LogP contribution < -0.4 is 0 Å². The Balaban J connectivity index is 1.49. The second kappa shape index (κ2) is 8.60. The maximum absolute atomic E-state index is 13.3. The predicted molar refractivity (Wildman–Crippen MR) is 121 cm³/mol. The smallest absolute Gasteiger partial charge is 0.330 e. The summed E-state index contributed by atoms with van der Waals surface area (Å²) in [4.78, 5) is 53.2. The minimum absolute atomic E-state index is 0.0659. The quantitative estimate of drug-likeness (QED) is 0.223. The Morgan fingerprint density at radius 3 is 2.06 bits per heavy atom. The van der Waals surface area contributed by atoms with E-state index in [0.29, 0.717) is 10.6 Å². The number of alkyl halides is 2. The molecule has 0 aromatic heterocycles. The van der Waals surface area contributed by atoms with Gasteiger partial charge < -0.3 is 4.74 Å². The molecule has 7 atom stereocenters. The summed E-state index contributed by atoms with van der Waals surface area (Å²) < 4.78 is 5.27. The second-order valence-corrected chi connectivity index (χ2v) is 11.3. The molecule has 0 N–H and O–H groups in total. The van der Waals surface area contributed by atoms with Gasteiger partial charge in [0.2, 0.25) is 11.8 Å². The normalized spacial score (nSPS) is 32.5. The predicted octanol–water partition coefficient (Wildman–Crippen LogP) is 3.87. The molecular formula is C22H22Br2ClNO5. The fourth-order valence-electron chi connectivity index (χ4n) is 5.26. The van der Waals surface area contributed by atoms with Crippen LogP contribution in [-0.2, 0) is 19.1 Å². The van der Waals surface area contributed by atoms with Crippen molar-refractivity contribution in [1.29, 1.82) is 0 Å². The molecule has 0 spiro atoms. The Bertz CT molecular complexity index is 904. The summed E-state index contributed by atoms with van der Waals surface area (Å²) in [7, 11) is 0. The van der Waals surface area contributed by atoms with E-state index in [-0.39, 0.29) is 45.0 Å². The summed E-state index contributed by atoms with van der Waals surface area (Å²) in [5.41, 5.74) is 0.365. The molecule has 2 saturated carbocycles. The van der Waals surface area contributed by atoms with Gasteiger partial charge in [-0.25, -0.2) is 4.79 Å². The molecule has 3 fully saturated rings. The van der Waals surface area contributed by atoms with Crippen molar-refractivity contribution in [3.63, 3.8) is 0 Å². The van der Waals surface area contributed by atoms with E-state index in [0.717, 1.165) is 11.3 Å². The van der Waals surface area contributed by atoms with Crippen molar-refractivity contribution in [2.24, 2.45) is 29.6 Å². The van der Waals surface area contributed by atoms with Crippen LogP contribution in [0.1, 0.15) is 30.6 Å². The van der Waals surface area contributed by atoms with E-state index in [1.54, 1.807) is 38.1 Å². The number of halogens is 3. The first kappa shape index (κ1) is 22.9. The first-order valence-electron chi connectivity index (χ1n) is 10.2. The number of benzene rings is 1. The highest BCUT2D eigenvalue weighted by molar-refractivity contribution is 9.12. The lowest BCUT2D eigenvalue weighted by Gasteiger charge is -2.28. The van der Waals surface area contributed by atoms with Crippen LogP contribution in [0.25, 0.3) is 0 Å². The third-order valence-electron chi connectivity index (χ3n) is 6.68.